The standard InChI is InChI=1S/C16H23NO2/c1-2-5-14-6-3-4-7-16(14)19-13-10-17-15-8-11-18-12-9-15/h2-4,6-7,15,17H,1,5,8-13H2. The summed E-state index contributed by atoms with van der Waals surface area (Å²) in [5, 5.41) is 3.52. The molecule has 1 fully saturated rings. The number of hydrogen-bond donors (Lipinski definition) is 1. The summed E-state index contributed by atoms with van der Waals surface area (Å²) in [5.74, 6) is 0.969. The van der Waals surface area contributed by atoms with E-state index >= 15 is 0 Å². The van der Waals surface area contributed by atoms with Crippen LogP contribution in [-0.2, 0) is 11.2 Å². The molecular formula is C16H23NO2. The Morgan fingerprint density at radius 3 is 2.89 bits per heavy atom. The van der Waals surface area contributed by atoms with Crippen molar-refractivity contribution in [2.75, 3.05) is 26.4 Å². The van der Waals surface area contributed by atoms with Crippen molar-refractivity contribution in [1.82, 2.24) is 5.32 Å². The quantitative estimate of drug-likeness (QED) is 0.604. The van der Waals surface area contributed by atoms with E-state index in [1.165, 1.54) is 5.56 Å². The normalized spacial score (nSPS) is 16.2. The zero-order chi connectivity index (χ0) is 13.3. The molecule has 104 valence electrons. The van der Waals surface area contributed by atoms with Gasteiger partial charge in [-0.3, -0.25) is 0 Å². The van der Waals surface area contributed by atoms with Gasteiger partial charge in [0, 0.05) is 25.8 Å². The zero-order valence-electron chi connectivity index (χ0n) is 11.4. The first-order valence-electron chi connectivity index (χ1n) is 7.03. The van der Waals surface area contributed by atoms with Crippen LogP contribution in [0.3, 0.4) is 0 Å². The summed E-state index contributed by atoms with van der Waals surface area (Å²) in [6.07, 6.45) is 4.96. The van der Waals surface area contributed by atoms with Crippen molar-refractivity contribution in [1.29, 1.82) is 0 Å². The molecule has 0 saturated carbocycles. The average Bonchev–Trinajstić information content (AvgIpc) is 2.47. The van der Waals surface area contributed by atoms with Crippen LogP contribution < -0.4 is 10.1 Å². The molecule has 19 heavy (non-hydrogen) atoms. The molecule has 0 aliphatic carbocycles. The van der Waals surface area contributed by atoms with Crippen LogP contribution in [0.2, 0.25) is 0 Å². The third-order valence-electron chi connectivity index (χ3n) is 3.35. The van der Waals surface area contributed by atoms with Gasteiger partial charge in [-0.2, -0.15) is 0 Å². The Hall–Kier alpha value is -1.32. The van der Waals surface area contributed by atoms with Gasteiger partial charge in [0.2, 0.25) is 0 Å². The van der Waals surface area contributed by atoms with Crippen molar-refractivity contribution in [3.8, 4) is 5.75 Å². The predicted octanol–water partition coefficient (Wildman–Crippen LogP) is 2.56. The number of nitrogens with one attached hydrogen (secondary N) is 1. The third-order valence-corrected chi connectivity index (χ3v) is 3.35. The number of rotatable bonds is 7. The molecule has 0 radical (unpaired) electrons. The highest BCUT2D eigenvalue weighted by molar-refractivity contribution is 5.34. The van der Waals surface area contributed by atoms with E-state index in [0.29, 0.717) is 12.6 Å². The molecular weight excluding hydrogens is 238 g/mol. The smallest absolute Gasteiger partial charge is 0.122 e. The van der Waals surface area contributed by atoms with Gasteiger partial charge in [0.05, 0.1) is 0 Å². The van der Waals surface area contributed by atoms with Gasteiger partial charge in [-0.15, -0.1) is 6.58 Å². The van der Waals surface area contributed by atoms with Crippen molar-refractivity contribution in [2.24, 2.45) is 0 Å². The van der Waals surface area contributed by atoms with Crippen LogP contribution in [-0.4, -0.2) is 32.4 Å². The first kappa shape index (κ1) is 14.1. The van der Waals surface area contributed by atoms with E-state index in [1.807, 2.05) is 24.3 Å². The fraction of sp³-hybridized carbons (Fsp3) is 0.500. The lowest BCUT2D eigenvalue weighted by atomic mass is 10.1. The molecule has 0 unspecified atom stereocenters. The van der Waals surface area contributed by atoms with E-state index in [-0.39, 0.29) is 0 Å². The van der Waals surface area contributed by atoms with E-state index in [2.05, 4.69) is 18.0 Å². The summed E-state index contributed by atoms with van der Waals surface area (Å²) in [6.45, 7) is 7.11. The van der Waals surface area contributed by atoms with Crippen LogP contribution >= 0.6 is 0 Å². The molecule has 0 spiro atoms. The minimum Gasteiger partial charge on any atom is -0.492 e. The largest absolute Gasteiger partial charge is 0.492 e. The summed E-state index contributed by atoms with van der Waals surface area (Å²) in [5.41, 5.74) is 1.20. The van der Waals surface area contributed by atoms with Crippen LogP contribution in [0, 0.1) is 0 Å². The molecule has 0 aromatic heterocycles. The highest BCUT2D eigenvalue weighted by atomic mass is 16.5. The number of para-hydroxylation sites is 1. The zero-order valence-corrected chi connectivity index (χ0v) is 11.4. The van der Waals surface area contributed by atoms with E-state index in [0.717, 1.165) is 44.8 Å². The lowest BCUT2D eigenvalue weighted by Crippen LogP contribution is -2.37. The van der Waals surface area contributed by atoms with E-state index in [4.69, 9.17) is 9.47 Å². The molecule has 1 aromatic carbocycles. The predicted molar refractivity (Wildman–Crippen MR) is 77.7 cm³/mol. The summed E-state index contributed by atoms with van der Waals surface area (Å²) < 4.78 is 11.2. The Morgan fingerprint density at radius 1 is 1.32 bits per heavy atom. The van der Waals surface area contributed by atoms with Gasteiger partial charge in [-0.25, -0.2) is 0 Å². The van der Waals surface area contributed by atoms with Crippen LogP contribution in [0.15, 0.2) is 36.9 Å². The third kappa shape index (κ3) is 4.69. The molecule has 0 atom stereocenters. The lowest BCUT2D eigenvalue weighted by molar-refractivity contribution is 0.0770. The fourth-order valence-electron chi connectivity index (χ4n) is 2.29. The molecule has 2 rings (SSSR count). The lowest BCUT2D eigenvalue weighted by Gasteiger charge is -2.23. The minimum atomic E-state index is 0.584. The summed E-state index contributed by atoms with van der Waals surface area (Å²) >= 11 is 0. The Morgan fingerprint density at radius 2 is 2.11 bits per heavy atom. The maximum absolute atomic E-state index is 5.84. The van der Waals surface area contributed by atoms with Gasteiger partial charge in [0.25, 0.3) is 0 Å². The molecule has 1 N–H and O–H groups in total. The molecule has 1 aromatic rings. The molecule has 1 saturated heterocycles. The summed E-state index contributed by atoms with van der Waals surface area (Å²) in [7, 11) is 0. The summed E-state index contributed by atoms with van der Waals surface area (Å²) in [4.78, 5) is 0. The Labute approximate surface area is 115 Å². The highest BCUT2D eigenvalue weighted by Crippen LogP contribution is 2.18. The number of hydrogen-bond acceptors (Lipinski definition) is 3. The molecule has 1 aliphatic rings. The molecule has 1 heterocycles. The Bertz CT molecular complexity index is 386. The second-order valence-electron chi connectivity index (χ2n) is 4.79. The molecule has 3 nitrogen and oxygen atoms in total. The Balaban J connectivity index is 1.71. The fourth-order valence-corrected chi connectivity index (χ4v) is 2.29. The van der Waals surface area contributed by atoms with Gasteiger partial charge < -0.3 is 14.8 Å². The van der Waals surface area contributed by atoms with E-state index in [9.17, 15) is 0 Å². The van der Waals surface area contributed by atoms with E-state index in [1.54, 1.807) is 0 Å². The second-order valence-corrected chi connectivity index (χ2v) is 4.79. The maximum atomic E-state index is 5.84. The Kier molecular flexibility index (Phi) is 5.92. The van der Waals surface area contributed by atoms with Gasteiger partial charge >= 0.3 is 0 Å². The van der Waals surface area contributed by atoms with Gasteiger partial charge in [-0.05, 0) is 30.9 Å². The highest BCUT2D eigenvalue weighted by Gasteiger charge is 2.12. The number of benzene rings is 1. The van der Waals surface area contributed by atoms with Crippen LogP contribution in [0.4, 0.5) is 0 Å². The van der Waals surface area contributed by atoms with Gasteiger partial charge in [0.1, 0.15) is 12.4 Å². The molecule has 1 aliphatic heterocycles. The average molecular weight is 261 g/mol. The monoisotopic (exact) mass is 261 g/mol. The minimum absolute atomic E-state index is 0.584. The van der Waals surface area contributed by atoms with Crippen molar-refractivity contribution >= 4 is 0 Å². The van der Waals surface area contributed by atoms with E-state index < -0.39 is 0 Å². The van der Waals surface area contributed by atoms with Crippen molar-refractivity contribution < 1.29 is 9.47 Å². The number of ether oxygens (including phenoxy) is 2. The molecule has 3 heteroatoms. The molecule has 0 bridgehead atoms. The van der Waals surface area contributed by atoms with Gasteiger partial charge in [-0.1, -0.05) is 24.3 Å². The maximum Gasteiger partial charge on any atom is 0.122 e. The first-order valence-corrected chi connectivity index (χ1v) is 7.03. The van der Waals surface area contributed by atoms with Crippen LogP contribution in [0.1, 0.15) is 18.4 Å². The topological polar surface area (TPSA) is 30.5 Å². The number of allylic oxidation sites excluding steroid dienone is 1. The SMILES string of the molecule is C=CCc1ccccc1OCCNC1CCOCC1. The van der Waals surface area contributed by atoms with Crippen molar-refractivity contribution in [3.63, 3.8) is 0 Å². The first-order chi connectivity index (χ1) is 9.40. The van der Waals surface area contributed by atoms with Crippen LogP contribution in [0.5, 0.6) is 5.75 Å². The van der Waals surface area contributed by atoms with Gasteiger partial charge in [0.15, 0.2) is 0 Å². The van der Waals surface area contributed by atoms with Crippen molar-refractivity contribution in [3.05, 3.63) is 42.5 Å². The van der Waals surface area contributed by atoms with Crippen LogP contribution in [0.25, 0.3) is 0 Å². The molecule has 0 amide bonds. The second kappa shape index (κ2) is 7.97. The van der Waals surface area contributed by atoms with Crippen molar-refractivity contribution in [2.45, 2.75) is 25.3 Å². The summed E-state index contributed by atoms with van der Waals surface area (Å²) in [6, 6.07) is 8.73.